The minimum atomic E-state index is 0.523. The molecule has 1 aromatic heterocycles. The number of rotatable bonds is 1. The van der Waals surface area contributed by atoms with Crippen molar-refractivity contribution >= 4 is 0 Å². The van der Waals surface area contributed by atoms with Crippen LogP contribution in [-0.4, -0.2) is 16.7 Å². The van der Waals surface area contributed by atoms with Crippen molar-refractivity contribution in [1.29, 1.82) is 0 Å². The molecule has 1 aliphatic heterocycles. The summed E-state index contributed by atoms with van der Waals surface area (Å²) in [5.74, 6) is 0.829. The minimum Gasteiger partial charge on any atom is -0.309 e. The number of H-pyrrole nitrogens is 1. The number of nitrogens with zero attached hydrogens (tertiary/aromatic N) is 1. The van der Waals surface area contributed by atoms with E-state index in [-0.39, 0.29) is 0 Å². The summed E-state index contributed by atoms with van der Waals surface area (Å²) in [5.41, 5.74) is 4.24. The summed E-state index contributed by atoms with van der Waals surface area (Å²) in [4.78, 5) is 0. The van der Waals surface area contributed by atoms with E-state index >= 15 is 0 Å². The number of aromatic amines is 1. The van der Waals surface area contributed by atoms with E-state index in [0.29, 0.717) is 6.04 Å². The van der Waals surface area contributed by atoms with Gasteiger partial charge in [-0.25, -0.2) is 0 Å². The Bertz CT molecular complexity index is 350. The summed E-state index contributed by atoms with van der Waals surface area (Å²) in [6, 6.07) is 0.523. The van der Waals surface area contributed by atoms with Gasteiger partial charge in [-0.05, 0) is 50.1 Å². The molecule has 0 spiro atoms. The molecule has 2 atom stereocenters. The number of nitrogens with one attached hydrogen (secondary N) is 2. The molecule has 0 saturated carbocycles. The summed E-state index contributed by atoms with van der Waals surface area (Å²) in [6.07, 6.45) is 6.27. The molecule has 2 unspecified atom stereocenters. The van der Waals surface area contributed by atoms with Crippen molar-refractivity contribution in [3.63, 3.8) is 0 Å². The van der Waals surface area contributed by atoms with Gasteiger partial charge in [0, 0.05) is 5.69 Å². The summed E-state index contributed by atoms with van der Waals surface area (Å²) < 4.78 is 0. The lowest BCUT2D eigenvalue weighted by Crippen LogP contribution is -2.17. The Morgan fingerprint density at radius 2 is 2.27 bits per heavy atom. The predicted octanol–water partition coefficient (Wildman–Crippen LogP) is 1.96. The second-order valence-electron chi connectivity index (χ2n) is 5.06. The van der Waals surface area contributed by atoms with Crippen LogP contribution in [0.5, 0.6) is 0 Å². The molecule has 2 N–H and O–H groups in total. The normalized spacial score (nSPS) is 30.5. The van der Waals surface area contributed by atoms with Crippen LogP contribution in [0.3, 0.4) is 0 Å². The molecule has 0 bridgehead atoms. The first kappa shape index (κ1) is 9.40. The third-order valence-corrected chi connectivity index (χ3v) is 3.81. The summed E-state index contributed by atoms with van der Waals surface area (Å²) in [6.45, 7) is 3.50. The standard InChI is InChI=1S/C12H19N3/c1-8-4-5-10-9(7-8)12(15-14-10)11-3-2-6-13-11/h8,11,13H,2-7H2,1H3,(H,14,15). The Morgan fingerprint density at radius 1 is 1.33 bits per heavy atom. The largest absolute Gasteiger partial charge is 0.309 e. The topological polar surface area (TPSA) is 40.7 Å². The Kier molecular flexibility index (Phi) is 2.28. The molecule has 0 amide bonds. The van der Waals surface area contributed by atoms with Crippen LogP contribution in [0.2, 0.25) is 0 Å². The molecule has 15 heavy (non-hydrogen) atoms. The molecule has 3 nitrogen and oxygen atoms in total. The smallest absolute Gasteiger partial charge is 0.0826 e. The zero-order valence-electron chi connectivity index (χ0n) is 9.34. The third-order valence-electron chi connectivity index (χ3n) is 3.81. The lowest BCUT2D eigenvalue weighted by Gasteiger charge is -2.19. The number of aryl methyl sites for hydroxylation is 1. The summed E-state index contributed by atoms with van der Waals surface area (Å²) in [5, 5.41) is 11.3. The Balaban J connectivity index is 1.92. The molecule has 3 rings (SSSR count). The van der Waals surface area contributed by atoms with Crippen LogP contribution in [-0.2, 0) is 12.8 Å². The van der Waals surface area contributed by atoms with Gasteiger partial charge < -0.3 is 5.32 Å². The zero-order valence-corrected chi connectivity index (χ0v) is 9.34. The molecule has 0 aromatic carbocycles. The van der Waals surface area contributed by atoms with Gasteiger partial charge >= 0.3 is 0 Å². The Labute approximate surface area is 90.7 Å². The van der Waals surface area contributed by atoms with Crippen LogP contribution in [0, 0.1) is 5.92 Å². The van der Waals surface area contributed by atoms with E-state index in [4.69, 9.17) is 0 Å². The molecule has 82 valence electrons. The molecule has 2 aliphatic rings. The van der Waals surface area contributed by atoms with Gasteiger partial charge in [0.1, 0.15) is 0 Å². The molecule has 1 aliphatic carbocycles. The molecule has 1 saturated heterocycles. The van der Waals surface area contributed by atoms with Gasteiger partial charge in [0.15, 0.2) is 0 Å². The molecule has 1 fully saturated rings. The molecule has 0 radical (unpaired) electrons. The second-order valence-corrected chi connectivity index (χ2v) is 5.06. The van der Waals surface area contributed by atoms with Crippen molar-refractivity contribution in [3.8, 4) is 0 Å². The molecule has 3 heteroatoms. The maximum absolute atomic E-state index is 4.53. The highest BCUT2D eigenvalue weighted by atomic mass is 15.1. The average Bonchev–Trinajstić information content (AvgIpc) is 2.83. The van der Waals surface area contributed by atoms with E-state index in [1.165, 1.54) is 49.1 Å². The fourth-order valence-electron chi connectivity index (χ4n) is 2.90. The lowest BCUT2D eigenvalue weighted by atomic mass is 9.86. The van der Waals surface area contributed by atoms with Gasteiger partial charge in [-0.2, -0.15) is 5.10 Å². The monoisotopic (exact) mass is 205 g/mol. The second kappa shape index (κ2) is 3.63. The van der Waals surface area contributed by atoms with Crippen LogP contribution >= 0.6 is 0 Å². The minimum absolute atomic E-state index is 0.523. The van der Waals surface area contributed by atoms with E-state index < -0.39 is 0 Å². The van der Waals surface area contributed by atoms with Crippen molar-refractivity contribution < 1.29 is 0 Å². The van der Waals surface area contributed by atoms with Crippen LogP contribution < -0.4 is 5.32 Å². The molecular formula is C12H19N3. The number of fused-ring (bicyclic) bond motifs is 1. The number of hydrogen-bond acceptors (Lipinski definition) is 2. The van der Waals surface area contributed by atoms with Crippen molar-refractivity contribution in [2.24, 2.45) is 5.92 Å². The first-order valence-corrected chi connectivity index (χ1v) is 6.14. The fourth-order valence-corrected chi connectivity index (χ4v) is 2.90. The number of hydrogen-bond donors (Lipinski definition) is 2. The quantitative estimate of drug-likeness (QED) is 0.736. The Morgan fingerprint density at radius 3 is 3.07 bits per heavy atom. The maximum Gasteiger partial charge on any atom is 0.0826 e. The van der Waals surface area contributed by atoms with E-state index in [2.05, 4.69) is 22.4 Å². The van der Waals surface area contributed by atoms with Crippen LogP contribution in [0.4, 0.5) is 0 Å². The Hall–Kier alpha value is -0.830. The fraction of sp³-hybridized carbons (Fsp3) is 0.750. The summed E-state index contributed by atoms with van der Waals surface area (Å²) >= 11 is 0. The van der Waals surface area contributed by atoms with Crippen molar-refractivity contribution in [2.45, 2.75) is 45.1 Å². The van der Waals surface area contributed by atoms with Gasteiger partial charge in [-0.15, -0.1) is 0 Å². The van der Waals surface area contributed by atoms with Crippen LogP contribution in [0.15, 0.2) is 0 Å². The molecule has 2 heterocycles. The van der Waals surface area contributed by atoms with E-state index in [1.54, 1.807) is 0 Å². The molecular weight excluding hydrogens is 186 g/mol. The van der Waals surface area contributed by atoms with Gasteiger partial charge in [0.05, 0.1) is 11.7 Å². The molecule has 1 aromatic rings. The third kappa shape index (κ3) is 1.59. The highest BCUT2D eigenvalue weighted by Crippen LogP contribution is 2.31. The van der Waals surface area contributed by atoms with E-state index in [0.717, 1.165) is 12.5 Å². The summed E-state index contributed by atoms with van der Waals surface area (Å²) in [7, 11) is 0. The first-order chi connectivity index (χ1) is 7.34. The van der Waals surface area contributed by atoms with Crippen molar-refractivity contribution in [3.05, 3.63) is 17.0 Å². The van der Waals surface area contributed by atoms with Crippen molar-refractivity contribution in [1.82, 2.24) is 15.5 Å². The maximum atomic E-state index is 4.53. The highest BCUT2D eigenvalue weighted by Gasteiger charge is 2.27. The SMILES string of the molecule is CC1CCc2[nH]nc(C3CCCN3)c2C1. The lowest BCUT2D eigenvalue weighted by molar-refractivity contribution is 0.492. The van der Waals surface area contributed by atoms with Gasteiger partial charge in [0.2, 0.25) is 0 Å². The number of aromatic nitrogens is 2. The van der Waals surface area contributed by atoms with Crippen LogP contribution in [0.1, 0.15) is 49.2 Å². The van der Waals surface area contributed by atoms with Gasteiger partial charge in [-0.3, -0.25) is 5.10 Å². The van der Waals surface area contributed by atoms with Gasteiger partial charge in [-0.1, -0.05) is 6.92 Å². The van der Waals surface area contributed by atoms with E-state index in [9.17, 15) is 0 Å². The highest BCUT2D eigenvalue weighted by molar-refractivity contribution is 5.30. The first-order valence-electron chi connectivity index (χ1n) is 6.14. The van der Waals surface area contributed by atoms with Crippen molar-refractivity contribution in [2.75, 3.05) is 6.54 Å². The van der Waals surface area contributed by atoms with Crippen LogP contribution in [0.25, 0.3) is 0 Å². The average molecular weight is 205 g/mol. The predicted molar refractivity (Wildman–Crippen MR) is 59.8 cm³/mol. The zero-order chi connectivity index (χ0) is 10.3. The van der Waals surface area contributed by atoms with E-state index in [1.807, 2.05) is 0 Å². The van der Waals surface area contributed by atoms with Gasteiger partial charge in [0.25, 0.3) is 0 Å².